The molecule has 0 fully saturated rings. The van der Waals surface area contributed by atoms with Crippen molar-refractivity contribution in [2.45, 2.75) is 31.9 Å². The normalized spacial score (nSPS) is 12.0. The van der Waals surface area contributed by atoms with Crippen LogP contribution in [-0.4, -0.2) is 25.6 Å². The molecule has 1 heterocycles. The van der Waals surface area contributed by atoms with Crippen LogP contribution in [0.25, 0.3) is 11.3 Å². The van der Waals surface area contributed by atoms with E-state index in [4.69, 9.17) is 0 Å². The summed E-state index contributed by atoms with van der Waals surface area (Å²) in [4.78, 5) is 17.0. The molecule has 3 rings (SSSR count). The van der Waals surface area contributed by atoms with Crippen molar-refractivity contribution in [1.29, 1.82) is 0 Å². The highest BCUT2D eigenvalue weighted by atomic mass is 32.2. The molecule has 152 valence electrons. The predicted octanol–water partition coefficient (Wildman–Crippen LogP) is 4.90. The molecule has 7 heteroatoms. The second-order valence-corrected chi connectivity index (χ2v) is 11.1. The van der Waals surface area contributed by atoms with Crippen molar-refractivity contribution in [3.8, 4) is 11.3 Å². The van der Waals surface area contributed by atoms with E-state index in [1.807, 2.05) is 17.5 Å². The first-order valence-corrected chi connectivity index (χ1v) is 12.1. The Balaban J connectivity index is 1.69. The Morgan fingerprint density at radius 3 is 2.21 bits per heavy atom. The van der Waals surface area contributed by atoms with Gasteiger partial charge in [-0.05, 0) is 28.7 Å². The van der Waals surface area contributed by atoms with Gasteiger partial charge in [0.15, 0.2) is 15.0 Å². The molecule has 0 saturated carbocycles. The molecule has 29 heavy (non-hydrogen) atoms. The highest BCUT2D eigenvalue weighted by Gasteiger charge is 2.14. The van der Waals surface area contributed by atoms with Crippen molar-refractivity contribution in [2.75, 3.05) is 11.6 Å². The Labute approximate surface area is 175 Å². The van der Waals surface area contributed by atoms with Crippen LogP contribution in [0.4, 0.5) is 5.13 Å². The van der Waals surface area contributed by atoms with Crippen molar-refractivity contribution >= 4 is 32.2 Å². The van der Waals surface area contributed by atoms with Crippen LogP contribution in [0.1, 0.15) is 42.3 Å². The number of anilines is 1. The standard InChI is InChI=1S/C22H24N2O3S2/c1-22(2,3)18-11-9-16(10-12-18)19-13-28-21(23-19)24-20(25)17-7-5-15(6-8-17)14-29(4,26)27/h5-13H,14H2,1-4H3,(H,23,24,25). The summed E-state index contributed by atoms with van der Waals surface area (Å²) in [6.45, 7) is 6.52. The number of hydrogen-bond acceptors (Lipinski definition) is 5. The summed E-state index contributed by atoms with van der Waals surface area (Å²) in [5.41, 5.74) is 4.27. The smallest absolute Gasteiger partial charge is 0.257 e. The summed E-state index contributed by atoms with van der Waals surface area (Å²) >= 11 is 1.37. The maximum absolute atomic E-state index is 12.4. The first kappa shape index (κ1) is 21.2. The average molecular weight is 429 g/mol. The van der Waals surface area contributed by atoms with E-state index in [1.54, 1.807) is 24.3 Å². The van der Waals surface area contributed by atoms with Crippen LogP contribution in [0.15, 0.2) is 53.9 Å². The topological polar surface area (TPSA) is 76.1 Å². The fraction of sp³-hybridized carbons (Fsp3) is 0.273. The van der Waals surface area contributed by atoms with Crippen molar-refractivity contribution in [3.63, 3.8) is 0 Å². The lowest BCUT2D eigenvalue weighted by Crippen LogP contribution is -2.12. The Morgan fingerprint density at radius 2 is 1.66 bits per heavy atom. The molecule has 0 aliphatic heterocycles. The summed E-state index contributed by atoms with van der Waals surface area (Å²) in [6.07, 6.45) is 1.18. The monoisotopic (exact) mass is 428 g/mol. The number of carbonyl (C=O) groups is 1. The maximum atomic E-state index is 12.4. The molecule has 2 aromatic carbocycles. The Hall–Kier alpha value is -2.51. The molecule has 0 spiro atoms. The van der Waals surface area contributed by atoms with E-state index in [0.717, 1.165) is 11.3 Å². The van der Waals surface area contributed by atoms with Crippen molar-refractivity contribution in [1.82, 2.24) is 4.98 Å². The maximum Gasteiger partial charge on any atom is 0.257 e. The zero-order chi connectivity index (χ0) is 21.2. The number of carbonyl (C=O) groups excluding carboxylic acids is 1. The summed E-state index contributed by atoms with van der Waals surface area (Å²) in [5.74, 6) is -0.321. The number of amides is 1. The van der Waals surface area contributed by atoms with Gasteiger partial charge in [0.25, 0.3) is 5.91 Å². The molecule has 1 N–H and O–H groups in total. The van der Waals surface area contributed by atoms with Gasteiger partial charge < -0.3 is 0 Å². The van der Waals surface area contributed by atoms with E-state index in [9.17, 15) is 13.2 Å². The molecular weight excluding hydrogens is 404 g/mol. The summed E-state index contributed by atoms with van der Waals surface area (Å²) in [6, 6.07) is 14.8. The Bertz CT molecular complexity index is 1110. The van der Waals surface area contributed by atoms with Gasteiger partial charge in [-0.1, -0.05) is 57.2 Å². The zero-order valence-electron chi connectivity index (χ0n) is 16.9. The molecule has 5 nitrogen and oxygen atoms in total. The molecule has 0 saturated heterocycles. The van der Waals surface area contributed by atoms with Crippen molar-refractivity contribution in [2.24, 2.45) is 0 Å². The van der Waals surface area contributed by atoms with E-state index in [-0.39, 0.29) is 17.1 Å². The van der Waals surface area contributed by atoms with Crippen LogP contribution in [0.2, 0.25) is 0 Å². The molecule has 0 bridgehead atoms. The van der Waals surface area contributed by atoms with Crippen LogP contribution in [0.5, 0.6) is 0 Å². The van der Waals surface area contributed by atoms with Gasteiger partial charge in [0.1, 0.15) is 0 Å². The van der Waals surface area contributed by atoms with E-state index in [0.29, 0.717) is 16.3 Å². The van der Waals surface area contributed by atoms with E-state index in [1.165, 1.54) is 23.2 Å². The van der Waals surface area contributed by atoms with Gasteiger partial charge in [0.2, 0.25) is 0 Å². The largest absolute Gasteiger partial charge is 0.298 e. The highest BCUT2D eigenvalue weighted by Crippen LogP contribution is 2.28. The third-order valence-electron chi connectivity index (χ3n) is 4.42. The second-order valence-electron chi connectivity index (χ2n) is 8.09. The van der Waals surface area contributed by atoms with Gasteiger partial charge in [0, 0.05) is 22.8 Å². The van der Waals surface area contributed by atoms with Crippen LogP contribution in [0.3, 0.4) is 0 Å². The molecule has 0 atom stereocenters. The predicted molar refractivity (Wildman–Crippen MR) is 119 cm³/mol. The van der Waals surface area contributed by atoms with E-state index >= 15 is 0 Å². The summed E-state index contributed by atoms with van der Waals surface area (Å²) < 4.78 is 22.7. The lowest BCUT2D eigenvalue weighted by atomic mass is 9.86. The van der Waals surface area contributed by atoms with Crippen LogP contribution >= 0.6 is 11.3 Å². The fourth-order valence-electron chi connectivity index (χ4n) is 2.83. The first-order valence-electron chi connectivity index (χ1n) is 9.16. The Morgan fingerprint density at radius 1 is 1.03 bits per heavy atom. The molecule has 0 aliphatic carbocycles. The lowest BCUT2D eigenvalue weighted by Gasteiger charge is -2.18. The number of aromatic nitrogens is 1. The Kier molecular flexibility index (Phi) is 5.91. The van der Waals surface area contributed by atoms with E-state index in [2.05, 4.69) is 43.2 Å². The first-order chi connectivity index (χ1) is 13.5. The molecular formula is C22H24N2O3S2. The van der Waals surface area contributed by atoms with Gasteiger partial charge in [-0.25, -0.2) is 13.4 Å². The van der Waals surface area contributed by atoms with Crippen molar-refractivity contribution in [3.05, 3.63) is 70.6 Å². The fourth-order valence-corrected chi connectivity index (χ4v) is 4.34. The highest BCUT2D eigenvalue weighted by molar-refractivity contribution is 7.89. The number of benzene rings is 2. The molecule has 0 radical (unpaired) electrons. The molecule has 1 amide bonds. The minimum absolute atomic E-state index is 0.0429. The third kappa shape index (κ3) is 5.74. The van der Waals surface area contributed by atoms with Crippen LogP contribution in [-0.2, 0) is 21.0 Å². The van der Waals surface area contributed by atoms with E-state index < -0.39 is 9.84 Å². The van der Waals surface area contributed by atoms with Crippen LogP contribution < -0.4 is 5.32 Å². The number of nitrogens with one attached hydrogen (secondary N) is 1. The minimum Gasteiger partial charge on any atom is -0.298 e. The summed E-state index contributed by atoms with van der Waals surface area (Å²) in [7, 11) is -3.10. The third-order valence-corrected chi connectivity index (χ3v) is 6.03. The molecule has 0 unspecified atom stereocenters. The number of sulfone groups is 1. The lowest BCUT2D eigenvalue weighted by molar-refractivity contribution is 0.102. The summed E-state index contributed by atoms with van der Waals surface area (Å²) in [5, 5.41) is 5.23. The van der Waals surface area contributed by atoms with Crippen LogP contribution in [0, 0.1) is 0 Å². The minimum atomic E-state index is -3.10. The number of hydrogen-bond donors (Lipinski definition) is 1. The second kappa shape index (κ2) is 8.08. The number of thiazole rings is 1. The molecule has 0 aliphatic rings. The number of nitrogens with zero attached hydrogens (tertiary/aromatic N) is 1. The zero-order valence-corrected chi connectivity index (χ0v) is 18.5. The SMILES string of the molecule is CC(C)(C)c1ccc(-c2csc(NC(=O)c3ccc(CS(C)(=O)=O)cc3)n2)cc1. The molecule has 3 aromatic rings. The number of rotatable bonds is 5. The van der Waals surface area contributed by atoms with Gasteiger partial charge in [0.05, 0.1) is 11.4 Å². The molecule has 1 aromatic heterocycles. The van der Waals surface area contributed by atoms with Crippen molar-refractivity contribution < 1.29 is 13.2 Å². The van der Waals surface area contributed by atoms with Gasteiger partial charge in [-0.3, -0.25) is 10.1 Å². The average Bonchev–Trinajstić information content (AvgIpc) is 3.09. The van der Waals surface area contributed by atoms with Gasteiger partial charge in [-0.2, -0.15) is 0 Å². The quantitative estimate of drug-likeness (QED) is 0.627. The van der Waals surface area contributed by atoms with Gasteiger partial charge >= 0.3 is 0 Å². The van der Waals surface area contributed by atoms with Gasteiger partial charge in [-0.15, -0.1) is 11.3 Å².